The van der Waals surface area contributed by atoms with Crippen LogP contribution in [0, 0.1) is 20.8 Å². The van der Waals surface area contributed by atoms with Gasteiger partial charge in [0.1, 0.15) is 22.9 Å². The molecule has 0 fully saturated rings. The highest BCUT2D eigenvalue weighted by Crippen LogP contribution is 2.35. The number of pyridine rings is 1. The summed E-state index contributed by atoms with van der Waals surface area (Å²) in [5.74, 6) is 2.19. The standard InChI is InChI=1S/C18H16ClN5O/c1-9-16(10(2)25-24-9)12-7-14-17(22-11(3)21-14)15(8-12)23-18-13(19)5-4-6-20-18/h4-8H,1-3H3,(H,20,23)(H,21,22). The monoisotopic (exact) mass is 353 g/mol. The van der Waals surface area contributed by atoms with Crippen LogP contribution in [0.3, 0.4) is 0 Å². The third-order valence-electron chi connectivity index (χ3n) is 4.04. The van der Waals surface area contributed by atoms with Gasteiger partial charge in [0, 0.05) is 11.8 Å². The van der Waals surface area contributed by atoms with Gasteiger partial charge in [-0.1, -0.05) is 16.8 Å². The minimum atomic E-state index is 0.547. The fraction of sp³-hybridized carbons (Fsp3) is 0.167. The molecule has 4 aromatic rings. The molecule has 0 spiro atoms. The molecule has 0 saturated heterocycles. The first kappa shape index (κ1) is 15.7. The van der Waals surface area contributed by atoms with Crippen LogP contribution in [0.1, 0.15) is 17.3 Å². The van der Waals surface area contributed by atoms with Gasteiger partial charge in [0.25, 0.3) is 0 Å². The number of aryl methyl sites for hydroxylation is 3. The SMILES string of the molecule is Cc1nc2c(Nc3ncccc3Cl)cc(-c3c(C)noc3C)cc2[nH]1. The fourth-order valence-electron chi connectivity index (χ4n) is 2.98. The maximum absolute atomic E-state index is 6.24. The summed E-state index contributed by atoms with van der Waals surface area (Å²) in [6, 6.07) is 7.65. The molecule has 2 N–H and O–H groups in total. The topological polar surface area (TPSA) is 79.6 Å². The molecule has 25 heavy (non-hydrogen) atoms. The molecule has 3 heterocycles. The van der Waals surface area contributed by atoms with Crippen LogP contribution >= 0.6 is 11.6 Å². The second-order valence-corrected chi connectivity index (χ2v) is 6.31. The Hall–Kier alpha value is -2.86. The smallest absolute Gasteiger partial charge is 0.149 e. The van der Waals surface area contributed by atoms with Crippen LogP contribution in [-0.2, 0) is 0 Å². The Morgan fingerprint density at radius 1 is 1.20 bits per heavy atom. The Morgan fingerprint density at radius 2 is 2.04 bits per heavy atom. The van der Waals surface area contributed by atoms with Gasteiger partial charge in [-0.2, -0.15) is 0 Å². The van der Waals surface area contributed by atoms with Crippen molar-refractivity contribution < 1.29 is 4.52 Å². The van der Waals surface area contributed by atoms with Gasteiger partial charge in [-0.25, -0.2) is 9.97 Å². The van der Waals surface area contributed by atoms with E-state index in [0.717, 1.165) is 45.1 Å². The van der Waals surface area contributed by atoms with Crippen molar-refractivity contribution in [2.24, 2.45) is 0 Å². The Morgan fingerprint density at radius 3 is 2.76 bits per heavy atom. The molecule has 126 valence electrons. The number of imidazole rings is 1. The number of hydrogen-bond acceptors (Lipinski definition) is 5. The number of aromatic nitrogens is 4. The first-order chi connectivity index (χ1) is 12.0. The van der Waals surface area contributed by atoms with E-state index >= 15 is 0 Å². The van der Waals surface area contributed by atoms with E-state index in [0.29, 0.717) is 10.8 Å². The van der Waals surface area contributed by atoms with E-state index in [9.17, 15) is 0 Å². The van der Waals surface area contributed by atoms with Crippen LogP contribution in [0.4, 0.5) is 11.5 Å². The molecule has 4 rings (SSSR count). The van der Waals surface area contributed by atoms with Gasteiger partial charge in [0.05, 0.1) is 21.9 Å². The van der Waals surface area contributed by atoms with Crippen LogP contribution in [0.25, 0.3) is 22.2 Å². The number of nitrogens with zero attached hydrogens (tertiary/aromatic N) is 3. The normalized spacial score (nSPS) is 11.2. The van der Waals surface area contributed by atoms with E-state index in [1.807, 2.05) is 32.9 Å². The lowest BCUT2D eigenvalue weighted by Gasteiger charge is -2.10. The van der Waals surface area contributed by atoms with E-state index < -0.39 is 0 Å². The zero-order valence-corrected chi connectivity index (χ0v) is 14.8. The van der Waals surface area contributed by atoms with Gasteiger partial charge in [-0.05, 0) is 50.6 Å². The summed E-state index contributed by atoms with van der Waals surface area (Å²) in [5.41, 5.74) is 5.37. The van der Waals surface area contributed by atoms with E-state index in [1.54, 1.807) is 18.3 Å². The van der Waals surface area contributed by atoms with Gasteiger partial charge in [0.15, 0.2) is 0 Å². The molecule has 3 aromatic heterocycles. The minimum absolute atomic E-state index is 0.547. The number of H-pyrrole nitrogens is 1. The number of nitrogens with one attached hydrogen (secondary N) is 2. The predicted molar refractivity (Wildman–Crippen MR) is 98.3 cm³/mol. The average molecular weight is 354 g/mol. The van der Waals surface area contributed by atoms with Crippen LogP contribution in [0.15, 0.2) is 35.0 Å². The number of anilines is 2. The number of benzene rings is 1. The maximum atomic E-state index is 6.24. The molecule has 0 saturated carbocycles. The van der Waals surface area contributed by atoms with Gasteiger partial charge in [-0.3, -0.25) is 0 Å². The second kappa shape index (κ2) is 5.89. The molecule has 1 aromatic carbocycles. The third kappa shape index (κ3) is 2.74. The lowest BCUT2D eigenvalue weighted by molar-refractivity contribution is 0.393. The van der Waals surface area contributed by atoms with Crippen molar-refractivity contribution in [3.05, 3.63) is 52.8 Å². The molecule has 0 bridgehead atoms. The lowest BCUT2D eigenvalue weighted by atomic mass is 10.0. The highest BCUT2D eigenvalue weighted by molar-refractivity contribution is 6.33. The number of halogens is 1. The first-order valence-electron chi connectivity index (χ1n) is 7.84. The quantitative estimate of drug-likeness (QED) is 0.545. The van der Waals surface area contributed by atoms with Gasteiger partial charge >= 0.3 is 0 Å². The molecule has 0 unspecified atom stereocenters. The summed E-state index contributed by atoms with van der Waals surface area (Å²) in [5, 5.41) is 7.89. The summed E-state index contributed by atoms with van der Waals surface area (Å²) < 4.78 is 5.31. The molecule has 0 radical (unpaired) electrons. The summed E-state index contributed by atoms with van der Waals surface area (Å²) >= 11 is 6.24. The van der Waals surface area contributed by atoms with Crippen molar-refractivity contribution >= 4 is 34.1 Å². The van der Waals surface area contributed by atoms with Gasteiger partial charge < -0.3 is 14.8 Å². The zero-order valence-electron chi connectivity index (χ0n) is 14.0. The number of hydrogen-bond donors (Lipinski definition) is 2. The Kier molecular flexibility index (Phi) is 3.69. The Balaban J connectivity index is 1.92. The van der Waals surface area contributed by atoms with Crippen molar-refractivity contribution in [2.75, 3.05) is 5.32 Å². The van der Waals surface area contributed by atoms with Crippen molar-refractivity contribution in [2.45, 2.75) is 20.8 Å². The molecule has 0 aliphatic carbocycles. The van der Waals surface area contributed by atoms with Gasteiger partial charge in [0.2, 0.25) is 0 Å². The average Bonchev–Trinajstić information content (AvgIpc) is 3.11. The van der Waals surface area contributed by atoms with Crippen LogP contribution in [0.2, 0.25) is 5.02 Å². The molecule has 6 nitrogen and oxygen atoms in total. The van der Waals surface area contributed by atoms with Crippen molar-refractivity contribution in [3.63, 3.8) is 0 Å². The molecular formula is C18H16ClN5O. The van der Waals surface area contributed by atoms with Crippen molar-refractivity contribution in [3.8, 4) is 11.1 Å². The predicted octanol–water partition coefficient (Wildman–Crippen LogP) is 4.94. The van der Waals surface area contributed by atoms with Gasteiger partial charge in [-0.15, -0.1) is 0 Å². The zero-order chi connectivity index (χ0) is 17.6. The fourth-order valence-corrected chi connectivity index (χ4v) is 3.15. The highest BCUT2D eigenvalue weighted by Gasteiger charge is 2.16. The summed E-state index contributed by atoms with van der Waals surface area (Å²) in [6.07, 6.45) is 1.69. The van der Waals surface area contributed by atoms with E-state index in [-0.39, 0.29) is 0 Å². The highest BCUT2D eigenvalue weighted by atomic mass is 35.5. The number of rotatable bonds is 3. The number of aromatic amines is 1. The summed E-state index contributed by atoms with van der Waals surface area (Å²) in [6.45, 7) is 5.75. The minimum Gasteiger partial charge on any atom is -0.361 e. The largest absolute Gasteiger partial charge is 0.361 e. The van der Waals surface area contributed by atoms with Crippen molar-refractivity contribution in [1.29, 1.82) is 0 Å². The van der Waals surface area contributed by atoms with Crippen LogP contribution < -0.4 is 5.32 Å². The molecule has 0 amide bonds. The Bertz CT molecular complexity index is 1060. The first-order valence-corrected chi connectivity index (χ1v) is 8.22. The van der Waals surface area contributed by atoms with E-state index in [4.69, 9.17) is 16.1 Å². The maximum Gasteiger partial charge on any atom is 0.149 e. The molecular weight excluding hydrogens is 338 g/mol. The van der Waals surface area contributed by atoms with Crippen molar-refractivity contribution in [1.82, 2.24) is 20.1 Å². The lowest BCUT2D eigenvalue weighted by Crippen LogP contribution is -1.96. The molecule has 7 heteroatoms. The number of fused-ring (bicyclic) bond motifs is 1. The summed E-state index contributed by atoms with van der Waals surface area (Å²) in [7, 11) is 0. The second-order valence-electron chi connectivity index (χ2n) is 5.90. The van der Waals surface area contributed by atoms with E-state index in [2.05, 4.69) is 25.4 Å². The molecule has 0 aliphatic rings. The van der Waals surface area contributed by atoms with E-state index in [1.165, 1.54) is 0 Å². The summed E-state index contributed by atoms with van der Waals surface area (Å²) in [4.78, 5) is 12.2. The third-order valence-corrected chi connectivity index (χ3v) is 4.34. The molecule has 0 aliphatic heterocycles. The molecule has 0 atom stereocenters. The Labute approximate surface area is 149 Å². The van der Waals surface area contributed by atoms with Crippen LogP contribution in [0.5, 0.6) is 0 Å². The van der Waals surface area contributed by atoms with Crippen LogP contribution in [-0.4, -0.2) is 20.1 Å².